The van der Waals surface area contributed by atoms with E-state index in [0.29, 0.717) is 35.9 Å². The van der Waals surface area contributed by atoms with Crippen LogP contribution in [0.15, 0.2) is 59.4 Å². The molecule has 2 aromatic heterocycles. The smallest absolute Gasteiger partial charge is 0.322 e. The Morgan fingerprint density at radius 1 is 1.19 bits per heavy atom. The number of fused-ring (bicyclic) bond motifs is 1. The van der Waals surface area contributed by atoms with Crippen molar-refractivity contribution in [1.29, 1.82) is 0 Å². The van der Waals surface area contributed by atoms with Crippen molar-refractivity contribution in [3.63, 3.8) is 0 Å². The van der Waals surface area contributed by atoms with Crippen LogP contribution in [0.25, 0.3) is 10.9 Å². The van der Waals surface area contributed by atoms with Crippen LogP contribution < -0.4 is 14.9 Å². The Hall–Kier alpha value is -4.05. The summed E-state index contributed by atoms with van der Waals surface area (Å²) in [6.07, 6.45) is 0.574. The SMILES string of the molecule is CC(=O)N1CC[C@H](NC(=O)c2ccc(OCc3cc(C)nc4ccccc34)cc2)[C@@H]1c1n[nH]c(=O)s1. The van der Waals surface area contributed by atoms with Crippen molar-refractivity contribution in [1.82, 2.24) is 25.4 Å². The summed E-state index contributed by atoms with van der Waals surface area (Å²) in [7, 11) is 0. The molecular weight excluding hydrogens is 478 g/mol. The predicted molar refractivity (Wildman–Crippen MR) is 136 cm³/mol. The number of aryl methyl sites for hydroxylation is 1. The fraction of sp³-hybridized carbons (Fsp3) is 0.269. The molecular formula is C26H25N5O4S. The molecule has 0 bridgehead atoms. The van der Waals surface area contributed by atoms with E-state index in [4.69, 9.17) is 4.74 Å². The summed E-state index contributed by atoms with van der Waals surface area (Å²) in [5.74, 6) is 0.256. The Morgan fingerprint density at radius 3 is 2.69 bits per heavy atom. The van der Waals surface area contributed by atoms with Gasteiger partial charge in [0.15, 0.2) is 0 Å². The van der Waals surface area contributed by atoms with E-state index in [1.165, 1.54) is 6.92 Å². The minimum atomic E-state index is -0.475. The minimum Gasteiger partial charge on any atom is -0.489 e. The molecule has 0 aliphatic carbocycles. The number of benzene rings is 2. The summed E-state index contributed by atoms with van der Waals surface area (Å²) in [5, 5.41) is 11.0. The lowest BCUT2D eigenvalue weighted by atomic mass is 10.1. The molecule has 9 nitrogen and oxygen atoms in total. The topological polar surface area (TPSA) is 117 Å². The van der Waals surface area contributed by atoms with E-state index >= 15 is 0 Å². The van der Waals surface area contributed by atoms with E-state index < -0.39 is 6.04 Å². The van der Waals surface area contributed by atoms with Crippen molar-refractivity contribution in [2.24, 2.45) is 0 Å². The number of hydrogen-bond acceptors (Lipinski definition) is 7. The van der Waals surface area contributed by atoms with E-state index in [-0.39, 0.29) is 22.7 Å². The molecule has 36 heavy (non-hydrogen) atoms. The van der Waals surface area contributed by atoms with Gasteiger partial charge in [0.1, 0.15) is 23.4 Å². The Bertz CT molecular complexity index is 1480. The van der Waals surface area contributed by atoms with Gasteiger partial charge in [-0.3, -0.25) is 19.4 Å². The lowest BCUT2D eigenvalue weighted by molar-refractivity contribution is -0.129. The molecule has 0 unspecified atom stereocenters. The standard InChI is InChI=1S/C26H25N5O4S/c1-15-13-18(20-5-3-4-6-21(20)27-15)14-35-19-9-7-17(8-10-19)24(33)28-22-11-12-31(16(2)32)23(22)25-29-30-26(34)36-25/h3-10,13,22-23H,11-12,14H2,1-2H3,(H,28,33)(H,30,34)/t22-,23+/m0/s1. The van der Waals surface area contributed by atoms with Crippen LogP contribution in [0.2, 0.25) is 0 Å². The van der Waals surface area contributed by atoms with Crippen molar-refractivity contribution in [3.05, 3.63) is 86.1 Å². The van der Waals surface area contributed by atoms with E-state index in [9.17, 15) is 14.4 Å². The second-order valence-corrected chi connectivity index (χ2v) is 9.72. The molecule has 0 spiro atoms. The molecule has 1 fully saturated rings. The average molecular weight is 504 g/mol. The van der Waals surface area contributed by atoms with Crippen molar-refractivity contribution in [2.45, 2.75) is 39.0 Å². The van der Waals surface area contributed by atoms with E-state index in [1.807, 2.05) is 37.3 Å². The first-order chi connectivity index (χ1) is 17.4. The highest BCUT2D eigenvalue weighted by Gasteiger charge is 2.40. The highest BCUT2D eigenvalue weighted by molar-refractivity contribution is 7.08. The number of aromatic amines is 1. The lowest BCUT2D eigenvalue weighted by Crippen LogP contribution is -2.40. The number of carbonyl (C=O) groups is 2. The second kappa shape index (κ2) is 9.90. The van der Waals surface area contributed by atoms with Crippen LogP contribution in [-0.4, -0.2) is 44.5 Å². The van der Waals surface area contributed by atoms with Crippen LogP contribution in [-0.2, 0) is 11.4 Å². The number of amides is 2. The maximum Gasteiger partial charge on any atom is 0.322 e. The number of aromatic nitrogens is 3. The molecule has 3 heterocycles. The summed E-state index contributed by atoms with van der Waals surface area (Å²) in [6.45, 7) is 4.29. The van der Waals surface area contributed by atoms with Gasteiger partial charge in [-0.05, 0) is 49.7 Å². The summed E-state index contributed by atoms with van der Waals surface area (Å²) >= 11 is 0.952. The highest BCUT2D eigenvalue weighted by Crippen LogP contribution is 2.32. The Labute approximate surface area is 211 Å². The van der Waals surface area contributed by atoms with E-state index in [0.717, 1.165) is 33.5 Å². The number of H-pyrrole nitrogens is 1. The number of ether oxygens (including phenoxy) is 1. The minimum absolute atomic E-state index is 0.127. The highest BCUT2D eigenvalue weighted by atomic mass is 32.1. The number of pyridine rings is 1. The lowest BCUT2D eigenvalue weighted by Gasteiger charge is -2.25. The van der Waals surface area contributed by atoms with Crippen LogP contribution in [0.5, 0.6) is 5.75 Å². The van der Waals surface area contributed by atoms with Gasteiger partial charge in [0.25, 0.3) is 5.91 Å². The predicted octanol–water partition coefficient (Wildman–Crippen LogP) is 3.36. The van der Waals surface area contributed by atoms with E-state index in [1.54, 1.807) is 29.2 Å². The molecule has 1 aliphatic rings. The number of nitrogens with one attached hydrogen (secondary N) is 2. The average Bonchev–Trinajstić information content (AvgIpc) is 3.48. The third kappa shape index (κ3) is 4.85. The molecule has 4 aromatic rings. The van der Waals surface area contributed by atoms with Gasteiger partial charge in [-0.2, -0.15) is 5.10 Å². The molecule has 2 aromatic carbocycles. The number of rotatable bonds is 6. The molecule has 1 saturated heterocycles. The molecule has 5 rings (SSSR count). The van der Waals surface area contributed by atoms with Gasteiger partial charge in [0, 0.05) is 35.7 Å². The molecule has 0 saturated carbocycles. The van der Waals surface area contributed by atoms with Crippen molar-refractivity contribution in [3.8, 4) is 5.75 Å². The van der Waals surface area contributed by atoms with Gasteiger partial charge in [0.05, 0.1) is 11.6 Å². The van der Waals surface area contributed by atoms with Crippen LogP contribution in [0.3, 0.4) is 0 Å². The number of para-hydroxylation sites is 1. The van der Waals surface area contributed by atoms with Gasteiger partial charge in [-0.1, -0.05) is 29.5 Å². The first kappa shape index (κ1) is 23.7. The van der Waals surface area contributed by atoms with Gasteiger partial charge >= 0.3 is 4.87 Å². The maximum absolute atomic E-state index is 13.0. The Balaban J connectivity index is 1.26. The first-order valence-electron chi connectivity index (χ1n) is 11.6. The number of hydrogen-bond donors (Lipinski definition) is 2. The largest absolute Gasteiger partial charge is 0.489 e. The summed E-state index contributed by atoms with van der Waals surface area (Å²) in [6, 6.07) is 16.1. The Morgan fingerprint density at radius 2 is 1.97 bits per heavy atom. The zero-order valence-electron chi connectivity index (χ0n) is 19.9. The van der Waals surface area contributed by atoms with Gasteiger partial charge in [0.2, 0.25) is 5.91 Å². The third-order valence-corrected chi connectivity index (χ3v) is 7.09. The monoisotopic (exact) mass is 503 g/mol. The summed E-state index contributed by atoms with van der Waals surface area (Å²) in [5.41, 5.74) is 3.37. The summed E-state index contributed by atoms with van der Waals surface area (Å²) in [4.78, 5) is 42.6. The number of carbonyl (C=O) groups excluding carboxylic acids is 2. The van der Waals surface area contributed by atoms with Gasteiger partial charge in [-0.15, -0.1) is 0 Å². The van der Waals surface area contributed by atoms with Crippen LogP contribution in [0.1, 0.15) is 46.0 Å². The van der Waals surface area contributed by atoms with Crippen LogP contribution >= 0.6 is 11.3 Å². The zero-order chi connectivity index (χ0) is 25.2. The Kier molecular flexibility index (Phi) is 6.51. The molecule has 2 atom stereocenters. The van der Waals surface area contributed by atoms with Crippen LogP contribution in [0.4, 0.5) is 0 Å². The zero-order valence-corrected chi connectivity index (χ0v) is 20.7. The number of nitrogens with zero attached hydrogens (tertiary/aromatic N) is 3. The molecule has 2 amide bonds. The number of likely N-dealkylation sites (tertiary alicyclic amines) is 1. The van der Waals surface area contributed by atoms with Crippen LogP contribution in [0, 0.1) is 6.92 Å². The van der Waals surface area contributed by atoms with Gasteiger partial charge in [-0.25, -0.2) is 5.10 Å². The summed E-state index contributed by atoms with van der Waals surface area (Å²) < 4.78 is 6.00. The second-order valence-electron chi connectivity index (χ2n) is 8.73. The van der Waals surface area contributed by atoms with Crippen molar-refractivity contribution < 1.29 is 14.3 Å². The first-order valence-corrected chi connectivity index (χ1v) is 12.4. The molecule has 0 radical (unpaired) electrons. The maximum atomic E-state index is 13.0. The fourth-order valence-corrected chi connectivity index (χ4v) is 5.38. The quantitative estimate of drug-likeness (QED) is 0.417. The van der Waals surface area contributed by atoms with Crippen molar-refractivity contribution in [2.75, 3.05) is 6.54 Å². The molecule has 1 aliphatic heterocycles. The van der Waals surface area contributed by atoms with Crippen molar-refractivity contribution >= 4 is 34.1 Å². The third-order valence-electron chi connectivity index (χ3n) is 6.27. The fourth-order valence-electron chi connectivity index (χ4n) is 4.60. The normalized spacial score (nSPS) is 17.3. The van der Waals surface area contributed by atoms with E-state index in [2.05, 4.69) is 20.5 Å². The van der Waals surface area contributed by atoms with Gasteiger partial charge < -0.3 is 15.0 Å². The molecule has 184 valence electrons. The molecule has 10 heteroatoms. The molecule has 2 N–H and O–H groups in total.